The van der Waals surface area contributed by atoms with Crippen LogP contribution in [0, 0.1) is 6.92 Å². The summed E-state index contributed by atoms with van der Waals surface area (Å²) in [5.41, 5.74) is 0.937. The number of nitrogens with zero attached hydrogens (tertiary/aromatic N) is 2. The third-order valence-corrected chi connectivity index (χ3v) is 2.59. The van der Waals surface area contributed by atoms with Gasteiger partial charge >= 0.3 is 6.18 Å². The normalized spacial score (nSPS) is 11.4. The molecule has 0 fully saturated rings. The quantitative estimate of drug-likeness (QED) is 0.904. The lowest BCUT2D eigenvalue weighted by molar-refractivity contribution is -0.141. The minimum atomic E-state index is -4.49. The largest absolute Gasteiger partial charge is 0.433 e. The van der Waals surface area contributed by atoms with Gasteiger partial charge < -0.3 is 5.32 Å². The highest BCUT2D eigenvalue weighted by Gasteiger charge is 2.33. The molecule has 2 aromatic rings. The smallest absolute Gasteiger partial charge is 0.357 e. The zero-order chi connectivity index (χ0) is 14.0. The molecule has 0 amide bonds. The molecular formula is C13H12F3N3. The highest BCUT2D eigenvalue weighted by atomic mass is 19.4. The number of aryl methyl sites for hydroxylation is 1. The van der Waals surface area contributed by atoms with Crippen LogP contribution in [0.3, 0.4) is 0 Å². The molecule has 0 spiro atoms. The van der Waals surface area contributed by atoms with Crippen molar-refractivity contribution < 1.29 is 13.2 Å². The second-order valence-electron chi connectivity index (χ2n) is 4.08. The Kier molecular flexibility index (Phi) is 3.42. The van der Waals surface area contributed by atoms with Crippen LogP contribution in [0.1, 0.15) is 11.3 Å². The Morgan fingerprint density at radius 1 is 1.05 bits per heavy atom. The number of hydrogen-bond acceptors (Lipinski definition) is 3. The van der Waals surface area contributed by atoms with E-state index in [4.69, 9.17) is 0 Å². The number of rotatable bonds is 2. The summed E-state index contributed by atoms with van der Waals surface area (Å²) in [5.74, 6) is -0.0506. The highest BCUT2D eigenvalue weighted by molar-refractivity contribution is 5.61. The van der Waals surface area contributed by atoms with Crippen LogP contribution in [0.25, 0.3) is 11.3 Å². The fourth-order valence-electron chi connectivity index (χ4n) is 1.58. The lowest BCUT2D eigenvalue weighted by Crippen LogP contribution is -2.11. The van der Waals surface area contributed by atoms with E-state index in [1.807, 2.05) is 19.1 Å². The van der Waals surface area contributed by atoms with Gasteiger partial charge in [-0.1, -0.05) is 29.8 Å². The van der Waals surface area contributed by atoms with E-state index in [1.54, 1.807) is 12.1 Å². The van der Waals surface area contributed by atoms with Gasteiger partial charge in [0.05, 0.1) is 5.69 Å². The Morgan fingerprint density at radius 3 is 2.21 bits per heavy atom. The van der Waals surface area contributed by atoms with Crippen molar-refractivity contribution in [1.82, 2.24) is 9.97 Å². The zero-order valence-corrected chi connectivity index (χ0v) is 10.4. The maximum Gasteiger partial charge on any atom is 0.433 e. The number of anilines is 1. The van der Waals surface area contributed by atoms with Crippen LogP contribution in [0.4, 0.5) is 19.1 Å². The molecule has 6 heteroatoms. The fraction of sp³-hybridized carbons (Fsp3) is 0.231. The topological polar surface area (TPSA) is 37.8 Å². The minimum absolute atomic E-state index is 0.0506. The van der Waals surface area contributed by atoms with Gasteiger partial charge in [-0.25, -0.2) is 9.97 Å². The van der Waals surface area contributed by atoms with Crippen LogP contribution in [-0.4, -0.2) is 17.0 Å². The Labute approximate surface area is 108 Å². The first kappa shape index (κ1) is 13.3. The molecule has 2 rings (SSSR count). The third kappa shape index (κ3) is 3.01. The van der Waals surface area contributed by atoms with Crippen molar-refractivity contribution >= 4 is 5.95 Å². The summed E-state index contributed by atoms with van der Waals surface area (Å²) in [7, 11) is 1.48. The first-order chi connectivity index (χ1) is 8.90. The first-order valence-electron chi connectivity index (χ1n) is 5.61. The highest BCUT2D eigenvalue weighted by Crippen LogP contribution is 2.31. The van der Waals surface area contributed by atoms with E-state index in [9.17, 15) is 13.2 Å². The van der Waals surface area contributed by atoms with E-state index in [0.29, 0.717) is 5.56 Å². The fourth-order valence-corrected chi connectivity index (χ4v) is 1.58. The van der Waals surface area contributed by atoms with Crippen LogP contribution < -0.4 is 5.32 Å². The zero-order valence-electron chi connectivity index (χ0n) is 10.4. The average Bonchev–Trinajstić information content (AvgIpc) is 2.38. The number of aromatic nitrogens is 2. The van der Waals surface area contributed by atoms with Crippen molar-refractivity contribution in [2.75, 3.05) is 12.4 Å². The third-order valence-electron chi connectivity index (χ3n) is 2.59. The van der Waals surface area contributed by atoms with Crippen molar-refractivity contribution in [2.45, 2.75) is 13.1 Å². The SMILES string of the molecule is CNc1nc(-c2ccc(C)cc2)cc(C(F)(F)F)n1. The number of alkyl halides is 3. The van der Waals surface area contributed by atoms with Crippen molar-refractivity contribution in [1.29, 1.82) is 0 Å². The molecule has 0 radical (unpaired) electrons. The van der Waals surface area contributed by atoms with Gasteiger partial charge in [0.15, 0.2) is 5.69 Å². The molecule has 0 aliphatic carbocycles. The van der Waals surface area contributed by atoms with Crippen LogP contribution >= 0.6 is 0 Å². The second kappa shape index (κ2) is 4.87. The predicted molar refractivity (Wildman–Crippen MR) is 66.8 cm³/mol. The van der Waals surface area contributed by atoms with Crippen molar-refractivity contribution in [2.24, 2.45) is 0 Å². The van der Waals surface area contributed by atoms with Gasteiger partial charge in [-0.2, -0.15) is 13.2 Å². The molecule has 0 saturated heterocycles. The molecule has 1 heterocycles. The summed E-state index contributed by atoms with van der Waals surface area (Å²) < 4.78 is 38.2. The summed E-state index contributed by atoms with van der Waals surface area (Å²) in [6, 6.07) is 8.06. The van der Waals surface area contributed by atoms with Gasteiger partial charge in [0.1, 0.15) is 0 Å². The molecule has 1 aromatic carbocycles. The molecule has 0 bridgehead atoms. The standard InChI is InChI=1S/C13H12F3N3/c1-8-3-5-9(6-4-8)10-7-11(13(14,15)16)19-12(17-2)18-10/h3-7H,1-2H3,(H,17,18,19). The summed E-state index contributed by atoms with van der Waals surface area (Å²) in [4.78, 5) is 7.46. The van der Waals surface area contributed by atoms with E-state index >= 15 is 0 Å². The van der Waals surface area contributed by atoms with Crippen LogP contribution in [0.15, 0.2) is 30.3 Å². The van der Waals surface area contributed by atoms with Gasteiger partial charge in [0, 0.05) is 12.6 Å². The molecule has 0 aliphatic heterocycles. The molecule has 1 N–H and O–H groups in total. The predicted octanol–water partition coefficient (Wildman–Crippen LogP) is 3.51. The van der Waals surface area contributed by atoms with Crippen LogP contribution in [-0.2, 0) is 6.18 Å². The van der Waals surface area contributed by atoms with Crippen LogP contribution in [0.2, 0.25) is 0 Å². The van der Waals surface area contributed by atoms with Crippen molar-refractivity contribution in [3.8, 4) is 11.3 Å². The molecule has 1 aromatic heterocycles. The first-order valence-corrected chi connectivity index (χ1v) is 5.61. The Balaban J connectivity index is 2.54. The molecule has 0 saturated carbocycles. The maximum atomic E-state index is 12.7. The summed E-state index contributed by atoms with van der Waals surface area (Å²) >= 11 is 0. The van der Waals surface area contributed by atoms with E-state index in [0.717, 1.165) is 11.6 Å². The number of hydrogen-bond donors (Lipinski definition) is 1. The molecule has 0 atom stereocenters. The second-order valence-corrected chi connectivity index (χ2v) is 4.08. The van der Waals surface area contributed by atoms with Gasteiger partial charge in [-0.15, -0.1) is 0 Å². The van der Waals surface area contributed by atoms with Crippen LogP contribution in [0.5, 0.6) is 0 Å². The molecule has 19 heavy (non-hydrogen) atoms. The number of benzene rings is 1. The summed E-state index contributed by atoms with van der Waals surface area (Å²) in [6.07, 6.45) is -4.49. The van der Waals surface area contributed by atoms with Crippen molar-refractivity contribution in [3.63, 3.8) is 0 Å². The molecular weight excluding hydrogens is 255 g/mol. The Bertz CT molecular complexity index is 577. The minimum Gasteiger partial charge on any atom is -0.357 e. The van der Waals surface area contributed by atoms with Gasteiger partial charge in [-0.3, -0.25) is 0 Å². The number of nitrogens with one attached hydrogen (secondary N) is 1. The molecule has 100 valence electrons. The summed E-state index contributed by atoms with van der Waals surface area (Å²) in [6.45, 7) is 1.91. The average molecular weight is 267 g/mol. The van der Waals surface area contributed by atoms with E-state index in [1.165, 1.54) is 7.05 Å². The van der Waals surface area contributed by atoms with Crippen molar-refractivity contribution in [3.05, 3.63) is 41.6 Å². The Morgan fingerprint density at radius 2 is 1.68 bits per heavy atom. The molecule has 0 unspecified atom stereocenters. The van der Waals surface area contributed by atoms with E-state index in [-0.39, 0.29) is 11.6 Å². The monoisotopic (exact) mass is 267 g/mol. The lowest BCUT2D eigenvalue weighted by Gasteiger charge is -2.10. The number of halogens is 3. The van der Waals surface area contributed by atoms with Gasteiger partial charge in [0.25, 0.3) is 0 Å². The maximum absolute atomic E-state index is 12.7. The molecule has 0 aliphatic rings. The van der Waals surface area contributed by atoms with Gasteiger partial charge in [-0.05, 0) is 13.0 Å². The molecule has 3 nitrogen and oxygen atoms in total. The lowest BCUT2D eigenvalue weighted by atomic mass is 10.1. The van der Waals surface area contributed by atoms with Gasteiger partial charge in [0.2, 0.25) is 5.95 Å². The summed E-state index contributed by atoms with van der Waals surface area (Å²) in [5, 5.41) is 2.54. The van der Waals surface area contributed by atoms with E-state index < -0.39 is 11.9 Å². The Hall–Kier alpha value is -2.11. The van der Waals surface area contributed by atoms with E-state index in [2.05, 4.69) is 15.3 Å².